The molecule has 0 saturated carbocycles. The molecule has 0 aliphatic rings. The summed E-state index contributed by atoms with van der Waals surface area (Å²) in [6.07, 6.45) is -0.928. The van der Waals surface area contributed by atoms with Crippen LogP contribution in [0.5, 0.6) is 5.75 Å². The molecule has 1 aromatic carbocycles. The fourth-order valence-corrected chi connectivity index (χ4v) is 1.40. The van der Waals surface area contributed by atoms with E-state index in [-0.39, 0.29) is 12.0 Å². The van der Waals surface area contributed by atoms with Crippen LogP contribution in [-0.2, 0) is 4.74 Å². The zero-order chi connectivity index (χ0) is 15.5. The normalized spacial score (nSPS) is 10.9. The molecule has 0 unspecified atom stereocenters. The average Bonchev–Trinajstić information content (AvgIpc) is 2.30. The van der Waals surface area contributed by atoms with Crippen LogP contribution < -0.4 is 10.1 Å². The third-order valence-corrected chi connectivity index (χ3v) is 2.18. The molecule has 0 radical (unpaired) electrons. The Hall–Kier alpha value is -2.18. The summed E-state index contributed by atoms with van der Waals surface area (Å²) in [5.41, 5.74) is -2.04. The molecule has 0 aromatic heterocycles. The van der Waals surface area contributed by atoms with Gasteiger partial charge in [0.15, 0.2) is 12.1 Å². The minimum absolute atomic E-state index is 0.0182. The molecule has 1 rings (SSSR count). The van der Waals surface area contributed by atoms with Crippen molar-refractivity contribution < 1.29 is 27.8 Å². The first-order chi connectivity index (χ1) is 9.19. The van der Waals surface area contributed by atoms with E-state index in [0.717, 1.165) is 6.07 Å². The molecule has 1 N–H and O–H groups in total. The van der Waals surface area contributed by atoms with Crippen molar-refractivity contribution in [2.24, 2.45) is 0 Å². The van der Waals surface area contributed by atoms with E-state index in [0.29, 0.717) is 0 Å². The molecule has 0 bridgehead atoms. The molecule has 1 aromatic rings. The Morgan fingerprint density at radius 3 is 2.40 bits per heavy atom. The van der Waals surface area contributed by atoms with Gasteiger partial charge in [-0.2, -0.15) is 0 Å². The summed E-state index contributed by atoms with van der Waals surface area (Å²) in [5.74, 6) is -2.55. The zero-order valence-electron chi connectivity index (χ0n) is 11.5. The van der Waals surface area contributed by atoms with Crippen LogP contribution in [0.15, 0.2) is 6.07 Å². The number of benzene rings is 1. The molecule has 0 aliphatic heterocycles. The van der Waals surface area contributed by atoms with E-state index < -0.39 is 34.6 Å². The Balaban J connectivity index is 3.17. The second kappa shape index (κ2) is 5.85. The van der Waals surface area contributed by atoms with Crippen LogP contribution >= 0.6 is 0 Å². The average molecular weight is 287 g/mol. The number of amides is 1. The highest BCUT2D eigenvalue weighted by atomic mass is 19.1. The predicted molar refractivity (Wildman–Crippen MR) is 68.2 cm³/mol. The van der Waals surface area contributed by atoms with E-state index in [4.69, 9.17) is 9.47 Å². The number of hydrogen-bond donors (Lipinski definition) is 1. The summed E-state index contributed by atoms with van der Waals surface area (Å²) >= 11 is 0. The number of ether oxygens (including phenoxy) is 2. The fraction of sp³-hybridized carbons (Fsp3) is 0.385. The Bertz CT molecular complexity index is 538. The van der Waals surface area contributed by atoms with Gasteiger partial charge in [-0.1, -0.05) is 0 Å². The van der Waals surface area contributed by atoms with Crippen LogP contribution in [0.25, 0.3) is 0 Å². The number of nitrogens with one attached hydrogen (secondary N) is 1. The quantitative estimate of drug-likeness (QED) is 0.867. The van der Waals surface area contributed by atoms with Gasteiger partial charge in [0.1, 0.15) is 22.9 Å². The minimum Gasteiger partial charge on any atom is -0.494 e. The van der Waals surface area contributed by atoms with Crippen LogP contribution in [0.4, 0.5) is 19.3 Å². The maximum Gasteiger partial charge on any atom is 0.412 e. The van der Waals surface area contributed by atoms with Crippen LogP contribution in [-0.4, -0.2) is 25.1 Å². The molecule has 0 heterocycles. The molecule has 0 atom stereocenters. The molecule has 0 spiro atoms. The number of halogens is 2. The van der Waals surface area contributed by atoms with Crippen molar-refractivity contribution >= 4 is 18.1 Å². The molecular formula is C13H15F2NO4. The number of methoxy groups -OCH3 is 1. The number of anilines is 1. The van der Waals surface area contributed by atoms with Crippen LogP contribution in [0.1, 0.15) is 31.1 Å². The standard InChI is InChI=1S/C13H15F2NO4/c1-13(2,3)20-12(18)16-11-9(19-4)5-8(14)7(6-17)10(11)15/h5-6H,1-4H3,(H,16,18). The first-order valence-electron chi connectivity index (χ1n) is 5.70. The highest BCUT2D eigenvalue weighted by Gasteiger charge is 2.23. The number of hydrogen-bond acceptors (Lipinski definition) is 4. The van der Waals surface area contributed by atoms with Gasteiger partial charge in [0.2, 0.25) is 0 Å². The minimum atomic E-state index is -1.22. The summed E-state index contributed by atoms with van der Waals surface area (Å²) in [6.45, 7) is 4.88. The molecular weight excluding hydrogens is 272 g/mol. The molecule has 20 heavy (non-hydrogen) atoms. The third-order valence-electron chi connectivity index (χ3n) is 2.18. The number of aldehydes is 1. The topological polar surface area (TPSA) is 64.6 Å². The fourth-order valence-electron chi connectivity index (χ4n) is 1.40. The number of carbonyl (C=O) groups excluding carboxylic acids is 2. The number of carbonyl (C=O) groups is 2. The van der Waals surface area contributed by atoms with Crippen molar-refractivity contribution in [2.75, 3.05) is 12.4 Å². The number of rotatable bonds is 3. The lowest BCUT2D eigenvalue weighted by Gasteiger charge is -2.20. The molecule has 5 nitrogen and oxygen atoms in total. The Kier molecular flexibility index (Phi) is 4.65. The second-order valence-corrected chi connectivity index (χ2v) is 4.91. The van der Waals surface area contributed by atoms with Gasteiger partial charge in [0.05, 0.1) is 12.7 Å². The van der Waals surface area contributed by atoms with Crippen LogP contribution in [0, 0.1) is 11.6 Å². The first kappa shape index (κ1) is 15.9. The van der Waals surface area contributed by atoms with E-state index in [1.165, 1.54) is 7.11 Å². The van der Waals surface area contributed by atoms with Gasteiger partial charge in [-0.15, -0.1) is 0 Å². The molecule has 0 aliphatic carbocycles. The lowest BCUT2D eigenvalue weighted by atomic mass is 10.1. The highest BCUT2D eigenvalue weighted by Crippen LogP contribution is 2.31. The van der Waals surface area contributed by atoms with Crippen molar-refractivity contribution in [1.29, 1.82) is 0 Å². The van der Waals surface area contributed by atoms with Crippen LogP contribution in [0.3, 0.4) is 0 Å². The summed E-state index contributed by atoms with van der Waals surface area (Å²) in [5, 5.41) is 2.10. The van der Waals surface area contributed by atoms with Gasteiger partial charge in [-0.25, -0.2) is 13.6 Å². The lowest BCUT2D eigenvalue weighted by Crippen LogP contribution is -2.27. The molecule has 7 heteroatoms. The Labute approximate surface area is 114 Å². The van der Waals surface area contributed by atoms with E-state index in [9.17, 15) is 18.4 Å². The molecule has 110 valence electrons. The largest absolute Gasteiger partial charge is 0.494 e. The van der Waals surface area contributed by atoms with Gasteiger partial charge < -0.3 is 9.47 Å². The van der Waals surface area contributed by atoms with E-state index in [1.807, 2.05) is 0 Å². The predicted octanol–water partition coefficient (Wildman–Crippen LogP) is 3.13. The lowest BCUT2D eigenvalue weighted by molar-refractivity contribution is 0.0634. The van der Waals surface area contributed by atoms with Gasteiger partial charge in [0, 0.05) is 6.07 Å². The van der Waals surface area contributed by atoms with Crippen molar-refractivity contribution in [1.82, 2.24) is 0 Å². The Morgan fingerprint density at radius 2 is 1.95 bits per heavy atom. The van der Waals surface area contributed by atoms with Gasteiger partial charge >= 0.3 is 6.09 Å². The maximum atomic E-state index is 14.0. The van der Waals surface area contributed by atoms with Gasteiger partial charge in [0.25, 0.3) is 0 Å². The molecule has 0 fully saturated rings. The molecule has 0 saturated heterocycles. The van der Waals surface area contributed by atoms with E-state index in [2.05, 4.69) is 5.32 Å². The first-order valence-corrected chi connectivity index (χ1v) is 5.70. The Morgan fingerprint density at radius 1 is 1.35 bits per heavy atom. The highest BCUT2D eigenvalue weighted by molar-refractivity contribution is 5.90. The van der Waals surface area contributed by atoms with Gasteiger partial charge in [-0.05, 0) is 20.8 Å². The third kappa shape index (κ3) is 3.66. The van der Waals surface area contributed by atoms with E-state index in [1.54, 1.807) is 20.8 Å². The van der Waals surface area contributed by atoms with Crippen molar-refractivity contribution in [3.63, 3.8) is 0 Å². The van der Waals surface area contributed by atoms with E-state index >= 15 is 0 Å². The second-order valence-electron chi connectivity index (χ2n) is 4.91. The summed E-state index contributed by atoms with van der Waals surface area (Å²) in [7, 11) is 1.18. The monoisotopic (exact) mass is 287 g/mol. The van der Waals surface area contributed by atoms with Gasteiger partial charge in [-0.3, -0.25) is 10.1 Å². The zero-order valence-corrected chi connectivity index (χ0v) is 11.5. The van der Waals surface area contributed by atoms with Crippen molar-refractivity contribution in [2.45, 2.75) is 26.4 Å². The maximum absolute atomic E-state index is 14.0. The van der Waals surface area contributed by atoms with Crippen molar-refractivity contribution in [3.05, 3.63) is 23.3 Å². The van der Waals surface area contributed by atoms with Crippen LogP contribution in [0.2, 0.25) is 0 Å². The summed E-state index contributed by atoms with van der Waals surface area (Å²) in [6, 6.07) is 0.805. The SMILES string of the molecule is COc1cc(F)c(C=O)c(F)c1NC(=O)OC(C)(C)C. The summed E-state index contributed by atoms with van der Waals surface area (Å²) < 4.78 is 37.1. The molecule has 1 amide bonds. The summed E-state index contributed by atoms with van der Waals surface area (Å²) in [4.78, 5) is 22.2. The van der Waals surface area contributed by atoms with Crippen molar-refractivity contribution in [3.8, 4) is 5.75 Å². The smallest absolute Gasteiger partial charge is 0.412 e.